The summed E-state index contributed by atoms with van der Waals surface area (Å²) in [5.74, 6) is 0.121. The Balaban J connectivity index is 0. The van der Waals surface area contributed by atoms with E-state index in [0.717, 1.165) is 11.8 Å². The molecule has 18 heavy (non-hydrogen) atoms. The van der Waals surface area contributed by atoms with Crippen molar-refractivity contribution >= 4 is 23.4 Å². The fraction of sp³-hybridized carbons (Fsp3) is 0.167. The third-order valence-corrected chi connectivity index (χ3v) is 1.45. The molecule has 5 nitrogen and oxygen atoms in total. The second-order valence-corrected chi connectivity index (χ2v) is 3.28. The smallest absolute Gasteiger partial charge is 0.299 e. The van der Waals surface area contributed by atoms with E-state index in [-0.39, 0.29) is 5.78 Å². The minimum Gasteiger partial charge on any atom is -0.299 e. The summed E-state index contributed by atoms with van der Waals surface area (Å²) in [4.78, 5) is 20.0. The third-order valence-electron chi connectivity index (χ3n) is 1.45. The van der Waals surface area contributed by atoms with Gasteiger partial charge in [-0.2, -0.15) is 4.21 Å². The van der Waals surface area contributed by atoms with Crippen LogP contribution in [0.25, 0.3) is 0 Å². The van der Waals surface area contributed by atoms with Crippen LogP contribution in [0.2, 0.25) is 0 Å². The first-order valence-electron chi connectivity index (χ1n) is 4.88. The molecular weight excluding hydrogens is 256 g/mol. The van der Waals surface area contributed by atoms with Crippen molar-refractivity contribution in [3.05, 3.63) is 48.0 Å². The molecule has 1 aromatic carbocycles. The lowest BCUT2D eigenvalue weighted by Crippen LogP contribution is -1.88. The van der Waals surface area contributed by atoms with Crippen LogP contribution in [0.4, 0.5) is 0 Å². The highest BCUT2D eigenvalue weighted by atomic mass is 32.2. The number of hydrogen-bond donors (Lipinski definition) is 2. The molecule has 0 spiro atoms. The van der Waals surface area contributed by atoms with E-state index in [1.807, 2.05) is 30.3 Å². The first-order chi connectivity index (χ1) is 8.45. The second-order valence-electron chi connectivity index (χ2n) is 2.81. The molecule has 0 fully saturated rings. The molecule has 0 amide bonds. The molecule has 1 rings (SSSR count). The number of aldehydes is 1. The lowest BCUT2D eigenvalue weighted by Gasteiger charge is -1.89. The van der Waals surface area contributed by atoms with Crippen molar-refractivity contribution < 1.29 is 22.9 Å². The van der Waals surface area contributed by atoms with E-state index in [1.54, 1.807) is 19.9 Å². The molecule has 1 aromatic rings. The zero-order valence-corrected chi connectivity index (χ0v) is 11.0. The van der Waals surface area contributed by atoms with Gasteiger partial charge in [-0.15, -0.1) is 0 Å². The summed E-state index contributed by atoms with van der Waals surface area (Å²) in [6.07, 6.45) is 3.88. The molecule has 6 heteroatoms. The molecule has 0 unspecified atom stereocenters. The van der Waals surface area contributed by atoms with Gasteiger partial charge in [-0.3, -0.25) is 18.7 Å². The summed E-state index contributed by atoms with van der Waals surface area (Å²) >= 11 is -2.61. The van der Waals surface area contributed by atoms with Crippen LogP contribution in [0.15, 0.2) is 42.5 Å². The van der Waals surface area contributed by atoms with E-state index >= 15 is 0 Å². The highest BCUT2D eigenvalue weighted by molar-refractivity contribution is 7.73. The molecule has 0 aliphatic heterocycles. The van der Waals surface area contributed by atoms with Crippen LogP contribution in [0, 0.1) is 0 Å². The standard InChI is InChI=1S/C8H8O.C4H6O.H2O3S/c1-7(9)8-5-3-2-4-6-8;1-2-3-4-5;1-4(2)3/h2-6H,1H3;2-4H,1H3;(H2,1,2,3). The Labute approximate surface area is 109 Å². The van der Waals surface area contributed by atoms with E-state index in [0.29, 0.717) is 0 Å². The number of allylic oxidation sites excluding steroid dienone is 2. The van der Waals surface area contributed by atoms with Gasteiger partial charge in [-0.25, -0.2) is 0 Å². The van der Waals surface area contributed by atoms with Crippen LogP contribution in [0.1, 0.15) is 24.2 Å². The van der Waals surface area contributed by atoms with Gasteiger partial charge in [-0.1, -0.05) is 36.4 Å². The van der Waals surface area contributed by atoms with Gasteiger partial charge in [0.1, 0.15) is 6.29 Å². The molecule has 2 N–H and O–H groups in total. The van der Waals surface area contributed by atoms with E-state index in [4.69, 9.17) is 13.3 Å². The lowest BCUT2D eigenvalue weighted by atomic mass is 10.2. The van der Waals surface area contributed by atoms with Crippen LogP contribution in [0.5, 0.6) is 0 Å². The van der Waals surface area contributed by atoms with Gasteiger partial charge in [-0.05, 0) is 19.9 Å². The van der Waals surface area contributed by atoms with E-state index < -0.39 is 11.4 Å². The molecule has 0 aliphatic carbocycles. The maximum absolute atomic E-state index is 10.6. The van der Waals surface area contributed by atoms with Crippen LogP contribution in [-0.4, -0.2) is 25.4 Å². The fourth-order valence-corrected chi connectivity index (χ4v) is 0.751. The molecule has 0 aliphatic rings. The maximum atomic E-state index is 10.6. The van der Waals surface area contributed by atoms with Crippen molar-refractivity contribution in [1.29, 1.82) is 0 Å². The largest absolute Gasteiger partial charge is 0.299 e. The Bertz CT molecular complexity index is 383. The molecule has 0 atom stereocenters. The predicted octanol–water partition coefficient (Wildman–Crippen LogP) is 2.33. The molecule has 0 saturated heterocycles. The summed E-state index contributed by atoms with van der Waals surface area (Å²) in [5, 5.41) is 0. The highest BCUT2D eigenvalue weighted by Gasteiger charge is 1.92. The average molecular weight is 272 g/mol. The van der Waals surface area contributed by atoms with Crippen molar-refractivity contribution in [3.8, 4) is 0 Å². The van der Waals surface area contributed by atoms with Gasteiger partial charge in [0, 0.05) is 5.56 Å². The zero-order valence-electron chi connectivity index (χ0n) is 10.1. The number of hydrogen-bond acceptors (Lipinski definition) is 3. The SMILES string of the molecule is CC(=O)c1ccccc1.CC=CC=O.O=S(O)O. The van der Waals surface area contributed by atoms with Crippen molar-refractivity contribution in [2.45, 2.75) is 13.8 Å². The topological polar surface area (TPSA) is 91.7 Å². The summed E-state index contributed by atoms with van der Waals surface area (Å²) < 4.78 is 22.8. The maximum Gasteiger partial charge on any atom is 0.299 e. The van der Waals surface area contributed by atoms with Gasteiger partial charge < -0.3 is 0 Å². The molecule has 0 bridgehead atoms. The first kappa shape index (κ1) is 18.7. The van der Waals surface area contributed by atoms with Crippen LogP contribution < -0.4 is 0 Å². The molecule has 100 valence electrons. The fourth-order valence-electron chi connectivity index (χ4n) is 0.751. The Morgan fingerprint density at radius 3 is 1.83 bits per heavy atom. The normalized spacial score (nSPS) is 8.94. The van der Waals surface area contributed by atoms with Crippen molar-refractivity contribution in [1.82, 2.24) is 0 Å². The molecule has 0 radical (unpaired) electrons. The highest BCUT2D eigenvalue weighted by Crippen LogP contribution is 1.97. The molecular formula is C12H16O5S. The van der Waals surface area contributed by atoms with E-state index in [2.05, 4.69) is 0 Å². The van der Waals surface area contributed by atoms with E-state index in [1.165, 1.54) is 6.08 Å². The van der Waals surface area contributed by atoms with Crippen molar-refractivity contribution in [2.75, 3.05) is 0 Å². The molecule has 0 saturated carbocycles. The average Bonchev–Trinajstić information content (AvgIpc) is 2.31. The summed E-state index contributed by atoms with van der Waals surface area (Å²) in [5.41, 5.74) is 0.775. The minimum absolute atomic E-state index is 0.121. The van der Waals surface area contributed by atoms with Gasteiger partial charge in [0.25, 0.3) is 11.4 Å². The van der Waals surface area contributed by atoms with E-state index in [9.17, 15) is 9.59 Å². The quantitative estimate of drug-likeness (QED) is 0.373. The first-order valence-corrected chi connectivity index (χ1v) is 5.94. The number of benzene rings is 1. The van der Waals surface area contributed by atoms with Gasteiger partial charge in [0.2, 0.25) is 0 Å². The second kappa shape index (κ2) is 13.4. The van der Waals surface area contributed by atoms with Crippen molar-refractivity contribution in [3.63, 3.8) is 0 Å². The molecule has 0 heterocycles. The Morgan fingerprint density at radius 1 is 1.22 bits per heavy atom. The number of Topliss-reactive ketones (excluding diaryl/α,β-unsaturated/α-hetero) is 1. The van der Waals surface area contributed by atoms with Crippen LogP contribution in [0.3, 0.4) is 0 Å². The monoisotopic (exact) mass is 272 g/mol. The Kier molecular flexibility index (Phi) is 14.0. The van der Waals surface area contributed by atoms with Gasteiger partial charge in [0.05, 0.1) is 0 Å². The zero-order chi connectivity index (χ0) is 14.4. The van der Waals surface area contributed by atoms with Gasteiger partial charge >= 0.3 is 0 Å². The summed E-state index contributed by atoms with van der Waals surface area (Å²) in [7, 11) is 0. The Morgan fingerprint density at radius 2 is 1.67 bits per heavy atom. The summed E-state index contributed by atoms with van der Waals surface area (Å²) in [6.45, 7) is 3.36. The third kappa shape index (κ3) is 16.8. The van der Waals surface area contributed by atoms with Crippen LogP contribution >= 0.6 is 0 Å². The van der Waals surface area contributed by atoms with Crippen LogP contribution in [-0.2, 0) is 16.2 Å². The van der Waals surface area contributed by atoms with Gasteiger partial charge in [0.15, 0.2) is 5.78 Å². The summed E-state index contributed by atoms with van der Waals surface area (Å²) in [6, 6.07) is 9.23. The number of ketones is 1. The lowest BCUT2D eigenvalue weighted by molar-refractivity contribution is -0.104. The molecule has 0 aromatic heterocycles. The number of carbonyl (C=O) groups is 2. The Hall–Kier alpha value is -1.63. The van der Waals surface area contributed by atoms with Crippen molar-refractivity contribution in [2.24, 2.45) is 0 Å². The minimum atomic E-state index is -2.61. The number of rotatable bonds is 2. The number of carbonyl (C=O) groups excluding carboxylic acids is 2. The predicted molar refractivity (Wildman–Crippen MR) is 70.7 cm³/mol.